The van der Waals surface area contributed by atoms with Crippen LogP contribution in [0.15, 0.2) is 18.2 Å². The molecule has 3 amide bonds. The molecule has 0 bridgehead atoms. The number of nitrogens with zero attached hydrogens (tertiary/aromatic N) is 1. The third-order valence-corrected chi connectivity index (χ3v) is 5.72. The van der Waals surface area contributed by atoms with E-state index in [4.69, 9.17) is 4.74 Å². The second kappa shape index (κ2) is 5.19. The molecule has 1 atom stereocenters. The van der Waals surface area contributed by atoms with E-state index in [9.17, 15) is 9.59 Å². The molecule has 3 aliphatic rings. The Kier molecular flexibility index (Phi) is 3.37. The molecule has 0 radical (unpaired) electrons. The minimum atomic E-state index is -0.797. The van der Waals surface area contributed by atoms with Gasteiger partial charge in [-0.05, 0) is 0 Å². The van der Waals surface area contributed by atoms with Crippen LogP contribution in [0.3, 0.4) is 0 Å². The molecule has 4 rings (SSSR count). The average Bonchev–Trinajstić information content (AvgIpc) is 3.28. The Morgan fingerprint density at radius 2 is 2.17 bits per heavy atom. The van der Waals surface area contributed by atoms with Gasteiger partial charge in [-0.1, -0.05) is 0 Å². The van der Waals surface area contributed by atoms with E-state index in [2.05, 4.69) is 38.6 Å². The molecule has 0 aromatic heterocycles. The monoisotopic (exact) mass is 350 g/mol. The topological polar surface area (TPSA) is 70.7 Å². The number of nitrogens with one attached hydrogen (secondary N) is 2. The molecule has 23 heavy (non-hydrogen) atoms. The van der Waals surface area contributed by atoms with Gasteiger partial charge >= 0.3 is 143 Å². The van der Waals surface area contributed by atoms with Crippen LogP contribution in [0.2, 0.25) is 0 Å². The Balaban J connectivity index is 1.61. The van der Waals surface area contributed by atoms with Gasteiger partial charge in [0.2, 0.25) is 0 Å². The number of hydrogen-bond donors (Lipinski definition) is 2. The van der Waals surface area contributed by atoms with Crippen molar-refractivity contribution in [1.82, 2.24) is 15.5 Å². The van der Waals surface area contributed by atoms with E-state index in [0.717, 1.165) is 35.0 Å². The van der Waals surface area contributed by atoms with E-state index in [1.165, 1.54) is 5.56 Å². The fourth-order valence-electron chi connectivity index (χ4n) is 3.52. The van der Waals surface area contributed by atoms with E-state index in [-0.39, 0.29) is 17.9 Å². The molecule has 6 nitrogen and oxygen atoms in total. The van der Waals surface area contributed by atoms with Gasteiger partial charge in [0.05, 0.1) is 0 Å². The first-order valence-electron chi connectivity index (χ1n) is 7.65. The zero-order chi connectivity index (χ0) is 16.2. The van der Waals surface area contributed by atoms with Crippen LogP contribution in [0.25, 0.3) is 0 Å². The maximum atomic E-state index is 12.4. The molecule has 2 aliphatic heterocycles. The SMILES string of the molecule is COc1ccc2c(c1)[C](=[V])N(CC1(C3CC3)NC(=O)NC1=O)C2. The molecule has 2 fully saturated rings. The van der Waals surface area contributed by atoms with Crippen molar-refractivity contribution in [3.63, 3.8) is 0 Å². The third-order valence-electron chi connectivity index (χ3n) is 4.90. The van der Waals surface area contributed by atoms with Crippen molar-refractivity contribution < 1.29 is 31.3 Å². The molecular formula is C16H17N3O3V. The average molecular weight is 350 g/mol. The molecule has 1 saturated heterocycles. The summed E-state index contributed by atoms with van der Waals surface area (Å²) in [5.41, 5.74) is 1.53. The van der Waals surface area contributed by atoms with E-state index in [1.807, 2.05) is 12.1 Å². The summed E-state index contributed by atoms with van der Waals surface area (Å²) in [6.07, 6.45) is 1.96. The number of amides is 3. The Morgan fingerprint density at radius 1 is 1.39 bits per heavy atom. The molecule has 1 unspecified atom stereocenters. The number of fused-ring (bicyclic) bond motifs is 1. The van der Waals surface area contributed by atoms with Crippen LogP contribution in [-0.2, 0) is 28.3 Å². The van der Waals surface area contributed by atoms with Gasteiger partial charge in [0.1, 0.15) is 0 Å². The number of benzene rings is 1. The zero-order valence-electron chi connectivity index (χ0n) is 12.8. The summed E-state index contributed by atoms with van der Waals surface area (Å²) in [7, 11) is 1.65. The number of ether oxygens (including phenoxy) is 1. The van der Waals surface area contributed by atoms with Gasteiger partial charge in [0.15, 0.2) is 0 Å². The summed E-state index contributed by atoms with van der Waals surface area (Å²) in [5.74, 6) is 0.851. The molecule has 119 valence electrons. The van der Waals surface area contributed by atoms with Crippen LogP contribution in [-0.4, -0.2) is 40.4 Å². The predicted molar refractivity (Wildman–Crippen MR) is 79.6 cm³/mol. The van der Waals surface area contributed by atoms with Crippen molar-refractivity contribution in [1.29, 1.82) is 0 Å². The van der Waals surface area contributed by atoms with Crippen LogP contribution < -0.4 is 15.4 Å². The van der Waals surface area contributed by atoms with Gasteiger partial charge in [0, 0.05) is 0 Å². The summed E-state index contributed by atoms with van der Waals surface area (Å²) in [6.45, 7) is 1.23. The van der Waals surface area contributed by atoms with Crippen LogP contribution >= 0.6 is 0 Å². The fourth-order valence-corrected chi connectivity index (χ4v) is 4.07. The van der Waals surface area contributed by atoms with Crippen molar-refractivity contribution in [3.8, 4) is 5.75 Å². The second-order valence-electron chi connectivity index (χ2n) is 6.36. The van der Waals surface area contributed by atoms with Crippen molar-refractivity contribution in [2.75, 3.05) is 13.7 Å². The standard InChI is InChI=1S/C16H17N3O3.V/c1-22-13-5-2-10-7-19(8-11(10)6-13)9-16(12-3-4-12)14(20)17-15(21)18-16;/h2,5-6,12H,3-4,7,9H2,1H3,(H2,17,18,20,21);. The first-order chi connectivity index (χ1) is 11.0. The number of hydrogen-bond acceptors (Lipinski definition) is 4. The minimum absolute atomic E-state index is 0.196. The summed E-state index contributed by atoms with van der Waals surface area (Å²) >= 11 is 2.59. The number of carbonyl (C=O) groups excluding carboxylic acids is 2. The molecule has 2 heterocycles. The maximum absolute atomic E-state index is 12.4. The van der Waals surface area contributed by atoms with Crippen molar-refractivity contribution >= 4 is 16.3 Å². The molecule has 1 saturated carbocycles. The van der Waals surface area contributed by atoms with Gasteiger partial charge in [-0.3, -0.25) is 0 Å². The van der Waals surface area contributed by atoms with Gasteiger partial charge < -0.3 is 0 Å². The summed E-state index contributed by atoms with van der Waals surface area (Å²) in [6, 6.07) is 5.63. The third kappa shape index (κ3) is 2.33. The van der Waals surface area contributed by atoms with Crippen LogP contribution in [0.5, 0.6) is 5.75 Å². The Hall–Kier alpha value is -1.63. The van der Waals surface area contributed by atoms with E-state index >= 15 is 0 Å². The number of rotatable bonds is 4. The van der Waals surface area contributed by atoms with E-state index in [1.54, 1.807) is 7.11 Å². The van der Waals surface area contributed by atoms with Gasteiger partial charge in [-0.25, -0.2) is 0 Å². The zero-order valence-corrected chi connectivity index (χ0v) is 14.2. The van der Waals surface area contributed by atoms with Crippen LogP contribution in [0.1, 0.15) is 24.0 Å². The second-order valence-corrected chi connectivity index (χ2v) is 7.02. The Labute approximate surface area is 143 Å². The Morgan fingerprint density at radius 3 is 2.78 bits per heavy atom. The number of carbonyl (C=O) groups is 2. The normalized spacial score (nSPS) is 26.9. The van der Waals surface area contributed by atoms with E-state index in [0.29, 0.717) is 6.54 Å². The molecule has 7 heteroatoms. The van der Waals surface area contributed by atoms with Crippen LogP contribution in [0, 0.1) is 5.92 Å². The van der Waals surface area contributed by atoms with Crippen LogP contribution in [0.4, 0.5) is 4.79 Å². The summed E-state index contributed by atoms with van der Waals surface area (Å²) in [4.78, 5) is 26.2. The van der Waals surface area contributed by atoms with Gasteiger partial charge in [0.25, 0.3) is 0 Å². The fraction of sp³-hybridized carbons (Fsp3) is 0.438. The summed E-state index contributed by atoms with van der Waals surface area (Å²) in [5, 5.41) is 5.30. The molecule has 1 aliphatic carbocycles. The van der Waals surface area contributed by atoms with E-state index < -0.39 is 5.54 Å². The number of methoxy groups -OCH3 is 1. The first-order valence-corrected chi connectivity index (χ1v) is 8.35. The van der Waals surface area contributed by atoms with Gasteiger partial charge in [-0.2, -0.15) is 0 Å². The molecular weight excluding hydrogens is 333 g/mol. The predicted octanol–water partition coefficient (Wildman–Crippen LogP) is 0.524. The molecule has 1 aromatic carbocycles. The molecule has 2 N–H and O–H groups in total. The summed E-state index contributed by atoms with van der Waals surface area (Å²) < 4.78 is 6.35. The van der Waals surface area contributed by atoms with Crippen molar-refractivity contribution in [3.05, 3.63) is 29.3 Å². The first kappa shape index (κ1) is 14.9. The van der Waals surface area contributed by atoms with Crippen molar-refractivity contribution in [2.24, 2.45) is 5.92 Å². The molecule has 1 aromatic rings. The van der Waals surface area contributed by atoms with Gasteiger partial charge in [-0.15, -0.1) is 0 Å². The van der Waals surface area contributed by atoms with Crippen molar-refractivity contribution in [2.45, 2.75) is 24.9 Å². The molecule has 0 spiro atoms. The Bertz CT molecular complexity index is 731. The quantitative estimate of drug-likeness (QED) is 0.777. The number of imide groups is 1. The number of urea groups is 1.